The lowest BCUT2D eigenvalue weighted by Gasteiger charge is -1.97. The van der Waals surface area contributed by atoms with E-state index >= 15 is 0 Å². The molecule has 84 valence electrons. The van der Waals surface area contributed by atoms with Crippen LogP contribution in [-0.4, -0.2) is 6.04 Å². The Morgan fingerprint density at radius 3 is 2.88 bits per heavy atom. The largest absolute Gasteiger partial charge is 0.457 e. The van der Waals surface area contributed by atoms with Gasteiger partial charge in [0, 0.05) is 11.4 Å². The molecule has 0 spiro atoms. The molecule has 1 fully saturated rings. The van der Waals surface area contributed by atoms with Gasteiger partial charge in [0.25, 0.3) is 0 Å². The molecule has 2 nitrogen and oxygen atoms in total. The van der Waals surface area contributed by atoms with Crippen LogP contribution in [0.3, 0.4) is 0 Å². The summed E-state index contributed by atoms with van der Waals surface area (Å²) >= 11 is 0. The quantitative estimate of drug-likeness (QED) is 0.865. The second-order valence-electron chi connectivity index (χ2n) is 4.15. The fraction of sp³-hybridized carbons (Fsp3) is 0.333. The third-order valence-corrected chi connectivity index (χ3v) is 2.77. The summed E-state index contributed by atoms with van der Waals surface area (Å²) in [6.07, 6.45) is 2.37. The van der Waals surface area contributed by atoms with Crippen molar-refractivity contribution in [2.45, 2.75) is 25.4 Å². The van der Waals surface area contributed by atoms with Crippen LogP contribution in [0.2, 0.25) is 0 Å². The number of fused-ring (bicyclic) bond motifs is 1. The van der Waals surface area contributed by atoms with Gasteiger partial charge in [-0.25, -0.2) is 4.39 Å². The van der Waals surface area contributed by atoms with Crippen LogP contribution in [0.25, 0.3) is 11.0 Å². The molecule has 1 aliphatic rings. The Morgan fingerprint density at radius 1 is 1.31 bits per heavy atom. The van der Waals surface area contributed by atoms with E-state index in [-0.39, 0.29) is 5.58 Å². The number of furan rings is 1. The van der Waals surface area contributed by atoms with E-state index in [0.29, 0.717) is 23.7 Å². The Hall–Kier alpha value is -1.42. The van der Waals surface area contributed by atoms with Gasteiger partial charge in [-0.2, -0.15) is 4.39 Å². The Labute approximate surface area is 91.2 Å². The molecule has 0 aliphatic heterocycles. The second kappa shape index (κ2) is 3.56. The molecule has 0 saturated heterocycles. The van der Waals surface area contributed by atoms with Gasteiger partial charge in [0.05, 0.1) is 6.54 Å². The molecule has 1 aliphatic carbocycles. The molecule has 1 saturated carbocycles. The molecule has 0 unspecified atom stereocenters. The van der Waals surface area contributed by atoms with E-state index in [0.717, 1.165) is 6.07 Å². The normalized spacial score (nSPS) is 15.9. The van der Waals surface area contributed by atoms with E-state index in [9.17, 15) is 8.78 Å². The summed E-state index contributed by atoms with van der Waals surface area (Å²) in [4.78, 5) is 0. The Bertz CT molecular complexity index is 531. The minimum atomic E-state index is -0.907. The highest BCUT2D eigenvalue weighted by Crippen LogP contribution is 2.25. The summed E-state index contributed by atoms with van der Waals surface area (Å²) in [6, 6.07) is 4.95. The third kappa shape index (κ3) is 1.69. The standard InChI is InChI=1S/C12H11F2NO/c13-10-4-1-7-5-9(6-15-8-2-3-8)16-12(7)11(10)14/h1,4-5,8,15H,2-3,6H2. The molecule has 2 aromatic rings. The first-order valence-electron chi connectivity index (χ1n) is 5.34. The van der Waals surface area contributed by atoms with Gasteiger partial charge in [0.2, 0.25) is 5.82 Å². The van der Waals surface area contributed by atoms with Crippen molar-refractivity contribution in [3.8, 4) is 0 Å². The first kappa shape index (κ1) is 9.78. The van der Waals surface area contributed by atoms with Crippen molar-refractivity contribution in [1.82, 2.24) is 5.32 Å². The van der Waals surface area contributed by atoms with E-state index in [4.69, 9.17) is 4.42 Å². The van der Waals surface area contributed by atoms with Crippen molar-refractivity contribution in [3.63, 3.8) is 0 Å². The van der Waals surface area contributed by atoms with Crippen LogP contribution >= 0.6 is 0 Å². The lowest BCUT2D eigenvalue weighted by Crippen LogP contribution is -2.14. The van der Waals surface area contributed by atoms with Crippen LogP contribution < -0.4 is 5.32 Å². The molecule has 1 aromatic heterocycles. The number of halogens is 2. The average molecular weight is 223 g/mol. The van der Waals surface area contributed by atoms with E-state index in [1.807, 2.05) is 0 Å². The molecule has 0 bridgehead atoms. The lowest BCUT2D eigenvalue weighted by atomic mass is 10.2. The number of nitrogens with one attached hydrogen (secondary N) is 1. The number of hydrogen-bond donors (Lipinski definition) is 1. The summed E-state index contributed by atoms with van der Waals surface area (Å²) in [5.74, 6) is -1.13. The lowest BCUT2D eigenvalue weighted by molar-refractivity contribution is 0.468. The topological polar surface area (TPSA) is 25.2 Å². The van der Waals surface area contributed by atoms with Gasteiger partial charge in [0.15, 0.2) is 11.4 Å². The zero-order chi connectivity index (χ0) is 11.1. The van der Waals surface area contributed by atoms with Gasteiger partial charge < -0.3 is 9.73 Å². The molecule has 0 radical (unpaired) electrons. The van der Waals surface area contributed by atoms with Crippen LogP contribution in [0.1, 0.15) is 18.6 Å². The van der Waals surface area contributed by atoms with E-state index in [1.54, 1.807) is 6.07 Å². The van der Waals surface area contributed by atoms with Crippen molar-refractivity contribution in [2.24, 2.45) is 0 Å². The summed E-state index contributed by atoms with van der Waals surface area (Å²) < 4.78 is 31.5. The van der Waals surface area contributed by atoms with Crippen LogP contribution in [0.4, 0.5) is 8.78 Å². The third-order valence-electron chi connectivity index (χ3n) is 2.77. The highest BCUT2D eigenvalue weighted by molar-refractivity contribution is 5.78. The van der Waals surface area contributed by atoms with E-state index < -0.39 is 11.6 Å². The fourth-order valence-electron chi connectivity index (χ4n) is 1.72. The van der Waals surface area contributed by atoms with Gasteiger partial charge in [-0.15, -0.1) is 0 Å². The average Bonchev–Trinajstić information content (AvgIpc) is 3.01. The van der Waals surface area contributed by atoms with Gasteiger partial charge in [-0.3, -0.25) is 0 Å². The zero-order valence-corrected chi connectivity index (χ0v) is 8.59. The van der Waals surface area contributed by atoms with Crippen molar-refractivity contribution >= 4 is 11.0 Å². The van der Waals surface area contributed by atoms with Crippen molar-refractivity contribution in [2.75, 3.05) is 0 Å². The summed E-state index contributed by atoms with van der Waals surface area (Å²) in [5, 5.41) is 3.86. The molecule has 0 atom stereocenters. The molecule has 1 heterocycles. The Morgan fingerprint density at radius 2 is 2.12 bits per heavy atom. The molecule has 1 aromatic carbocycles. The van der Waals surface area contributed by atoms with Crippen molar-refractivity contribution in [3.05, 3.63) is 35.6 Å². The highest BCUT2D eigenvalue weighted by atomic mass is 19.2. The fourth-order valence-corrected chi connectivity index (χ4v) is 1.72. The predicted molar refractivity (Wildman–Crippen MR) is 56.0 cm³/mol. The highest BCUT2D eigenvalue weighted by Gasteiger charge is 2.21. The van der Waals surface area contributed by atoms with E-state index in [2.05, 4.69) is 5.32 Å². The Balaban J connectivity index is 1.91. The summed E-state index contributed by atoms with van der Waals surface area (Å²) in [6.45, 7) is 0.570. The maximum absolute atomic E-state index is 13.3. The van der Waals surface area contributed by atoms with Crippen LogP contribution in [-0.2, 0) is 6.54 Å². The minimum absolute atomic E-state index is 0.00703. The number of hydrogen-bond acceptors (Lipinski definition) is 2. The minimum Gasteiger partial charge on any atom is -0.457 e. The van der Waals surface area contributed by atoms with Crippen molar-refractivity contribution in [1.29, 1.82) is 0 Å². The van der Waals surface area contributed by atoms with Gasteiger partial charge in [-0.1, -0.05) is 0 Å². The summed E-state index contributed by atoms with van der Waals surface area (Å²) in [5.41, 5.74) is 0.00703. The first-order valence-corrected chi connectivity index (χ1v) is 5.34. The van der Waals surface area contributed by atoms with Crippen LogP contribution in [0.5, 0.6) is 0 Å². The molecule has 3 rings (SSSR count). The van der Waals surface area contributed by atoms with Crippen LogP contribution in [0.15, 0.2) is 22.6 Å². The second-order valence-corrected chi connectivity index (χ2v) is 4.15. The monoisotopic (exact) mass is 223 g/mol. The smallest absolute Gasteiger partial charge is 0.201 e. The number of benzene rings is 1. The maximum Gasteiger partial charge on any atom is 0.201 e. The molecule has 16 heavy (non-hydrogen) atoms. The first-order chi connectivity index (χ1) is 7.74. The Kier molecular flexibility index (Phi) is 2.17. The van der Waals surface area contributed by atoms with Crippen LogP contribution in [0, 0.1) is 11.6 Å². The molecule has 4 heteroatoms. The van der Waals surface area contributed by atoms with Gasteiger partial charge >= 0.3 is 0 Å². The predicted octanol–water partition coefficient (Wildman–Crippen LogP) is 2.96. The molecule has 0 amide bonds. The maximum atomic E-state index is 13.3. The molecular formula is C12H11F2NO. The molecular weight excluding hydrogens is 212 g/mol. The summed E-state index contributed by atoms with van der Waals surface area (Å²) in [7, 11) is 0. The zero-order valence-electron chi connectivity index (χ0n) is 8.59. The van der Waals surface area contributed by atoms with E-state index in [1.165, 1.54) is 18.9 Å². The van der Waals surface area contributed by atoms with Crippen molar-refractivity contribution < 1.29 is 13.2 Å². The molecule has 1 N–H and O–H groups in total. The van der Waals surface area contributed by atoms with Gasteiger partial charge in [-0.05, 0) is 31.0 Å². The van der Waals surface area contributed by atoms with Gasteiger partial charge in [0.1, 0.15) is 5.76 Å². The SMILES string of the molecule is Fc1ccc2cc(CNC3CC3)oc2c1F. The number of rotatable bonds is 3.